The van der Waals surface area contributed by atoms with Crippen LogP contribution in [0.5, 0.6) is 0 Å². The normalized spacial score (nSPS) is 18.5. The molecule has 0 aromatic heterocycles. The summed E-state index contributed by atoms with van der Waals surface area (Å²) in [4.78, 5) is 14.9. The lowest BCUT2D eigenvalue weighted by Crippen LogP contribution is -2.38. The first-order chi connectivity index (χ1) is 23.5. The number of hydrogen-bond acceptors (Lipinski definition) is 5. The van der Waals surface area contributed by atoms with Crippen molar-refractivity contribution in [3.05, 3.63) is 148 Å². The van der Waals surface area contributed by atoms with E-state index in [0.29, 0.717) is 18.5 Å². The Balaban J connectivity index is 1.24. The van der Waals surface area contributed by atoms with Crippen molar-refractivity contribution < 1.29 is 41.3 Å². The summed E-state index contributed by atoms with van der Waals surface area (Å²) in [7, 11) is 2.01. The van der Waals surface area contributed by atoms with Crippen molar-refractivity contribution >= 4 is 22.4 Å². The maximum atomic E-state index is 14.3. The Morgan fingerprint density at radius 3 is 2.18 bits per heavy atom. The van der Waals surface area contributed by atoms with Gasteiger partial charge in [-0.15, -0.1) is 0 Å². The number of aliphatic hydroxyl groups is 1. The summed E-state index contributed by atoms with van der Waals surface area (Å²) in [6, 6.07) is 28.0. The van der Waals surface area contributed by atoms with Gasteiger partial charge in [0, 0.05) is 30.3 Å². The van der Waals surface area contributed by atoms with Crippen molar-refractivity contribution in [2.24, 2.45) is 0 Å². The molecule has 0 unspecified atom stereocenters. The highest BCUT2D eigenvalue weighted by atomic mass is 19.2. The molecule has 1 amide bonds. The van der Waals surface area contributed by atoms with Crippen LogP contribution in [0.3, 0.4) is 0 Å². The second kappa shape index (κ2) is 14.4. The molecule has 49 heavy (non-hydrogen) atoms. The van der Waals surface area contributed by atoms with Crippen LogP contribution in [-0.4, -0.2) is 35.6 Å². The van der Waals surface area contributed by atoms with Crippen LogP contribution in [0.15, 0.2) is 91.0 Å². The van der Waals surface area contributed by atoms with Gasteiger partial charge in [-0.05, 0) is 59.6 Å². The van der Waals surface area contributed by atoms with Crippen molar-refractivity contribution in [3.8, 4) is 0 Å². The lowest BCUT2D eigenvalue weighted by molar-refractivity contribution is -0.253. The molecular weight excluding hydrogens is 643 g/mol. The largest absolute Gasteiger partial charge is 0.392 e. The summed E-state index contributed by atoms with van der Waals surface area (Å²) in [6.45, 7) is 2.53. The molecule has 0 saturated carbocycles. The predicted octanol–water partition coefficient (Wildman–Crippen LogP) is 8.52. The minimum atomic E-state index is -2.35. The van der Waals surface area contributed by atoms with E-state index in [1.54, 1.807) is 12.1 Å². The molecule has 0 aliphatic carbocycles. The molecular formula is C38H33F5N2O4. The molecule has 1 heterocycles. The van der Waals surface area contributed by atoms with Crippen LogP contribution in [-0.2, 0) is 16.1 Å². The zero-order valence-electron chi connectivity index (χ0n) is 26.6. The van der Waals surface area contributed by atoms with E-state index in [1.165, 1.54) is 12.1 Å². The fourth-order valence-corrected chi connectivity index (χ4v) is 6.00. The third kappa shape index (κ3) is 7.20. The molecule has 1 aliphatic heterocycles. The molecule has 5 aromatic carbocycles. The Morgan fingerprint density at radius 2 is 1.49 bits per heavy atom. The number of carbonyl (C=O) groups is 1. The van der Waals surface area contributed by atoms with E-state index in [0.717, 1.165) is 27.5 Å². The lowest BCUT2D eigenvalue weighted by atomic mass is 9.98. The molecule has 1 aliphatic rings. The van der Waals surface area contributed by atoms with Gasteiger partial charge in [-0.3, -0.25) is 9.69 Å². The zero-order valence-corrected chi connectivity index (χ0v) is 26.6. The molecule has 1 fully saturated rings. The topological polar surface area (TPSA) is 71.0 Å². The van der Waals surface area contributed by atoms with Gasteiger partial charge in [-0.1, -0.05) is 72.8 Å². The number of halogens is 5. The highest BCUT2D eigenvalue weighted by Gasteiger charge is 2.34. The smallest absolute Gasteiger partial charge is 0.261 e. The van der Waals surface area contributed by atoms with Crippen molar-refractivity contribution in [3.63, 3.8) is 0 Å². The summed E-state index contributed by atoms with van der Waals surface area (Å²) < 4.78 is 82.6. The molecule has 0 bridgehead atoms. The van der Waals surface area contributed by atoms with Gasteiger partial charge in [0.1, 0.15) is 5.56 Å². The summed E-state index contributed by atoms with van der Waals surface area (Å²) >= 11 is 0. The van der Waals surface area contributed by atoms with Gasteiger partial charge in [0.25, 0.3) is 5.91 Å². The minimum absolute atomic E-state index is 0.0201. The van der Waals surface area contributed by atoms with Crippen LogP contribution in [0.1, 0.15) is 64.4 Å². The third-order valence-corrected chi connectivity index (χ3v) is 8.88. The van der Waals surface area contributed by atoms with E-state index in [1.807, 2.05) is 43.4 Å². The average Bonchev–Trinajstić information content (AvgIpc) is 3.12. The second-order valence-corrected chi connectivity index (χ2v) is 12.1. The van der Waals surface area contributed by atoms with Gasteiger partial charge >= 0.3 is 0 Å². The molecule has 6 nitrogen and oxygen atoms in total. The van der Waals surface area contributed by atoms with Gasteiger partial charge in [0.15, 0.2) is 29.6 Å². The number of aliphatic hydroxyl groups excluding tert-OH is 1. The van der Waals surface area contributed by atoms with Gasteiger partial charge in [-0.2, -0.15) is 0 Å². The average molecular weight is 677 g/mol. The number of benzene rings is 5. The highest BCUT2D eigenvalue weighted by molar-refractivity contribution is 6.04. The summed E-state index contributed by atoms with van der Waals surface area (Å²) in [6.07, 6.45) is -1.20. The van der Waals surface area contributed by atoms with Crippen LogP contribution in [0.2, 0.25) is 0 Å². The first kappa shape index (κ1) is 34.2. The molecule has 11 heteroatoms. The standard InChI is InChI=1S/C38H33F5N2O4/c1-21(25-15-14-23-6-3-4-7-26(23)16-25)45(2)19-29-18-30(24-12-10-22(20-46)11-13-24)49-38(48-29)27-8-5-9-28(17-27)44-37(47)31-32(39)34(41)36(43)35(42)33(31)40/h3-17,21,29-30,38,46H,18-20H2,1-2H3,(H,44,47)/t21-,29+,30-,38-/m1/s1. The number of anilines is 1. The van der Waals surface area contributed by atoms with E-state index in [-0.39, 0.29) is 24.4 Å². The Morgan fingerprint density at radius 1 is 0.816 bits per heavy atom. The molecule has 254 valence electrons. The van der Waals surface area contributed by atoms with E-state index >= 15 is 0 Å². The Bertz CT molecular complexity index is 1960. The Hall–Kier alpha value is -4.68. The highest BCUT2D eigenvalue weighted by Crippen LogP contribution is 2.39. The number of amides is 1. The third-order valence-electron chi connectivity index (χ3n) is 8.88. The first-order valence-corrected chi connectivity index (χ1v) is 15.7. The van der Waals surface area contributed by atoms with Crippen LogP contribution < -0.4 is 5.32 Å². The van der Waals surface area contributed by atoms with Gasteiger partial charge in [0.05, 0.1) is 18.8 Å². The number of ether oxygens (including phenoxy) is 2. The van der Waals surface area contributed by atoms with Gasteiger partial charge in [0.2, 0.25) is 5.82 Å². The predicted molar refractivity (Wildman–Crippen MR) is 174 cm³/mol. The summed E-state index contributed by atoms with van der Waals surface area (Å²) in [5.74, 6) is -12.8. The second-order valence-electron chi connectivity index (χ2n) is 12.1. The van der Waals surface area contributed by atoms with Gasteiger partial charge < -0.3 is 19.9 Å². The summed E-state index contributed by atoms with van der Waals surface area (Å²) in [5.41, 5.74) is 1.61. The quantitative estimate of drug-likeness (QED) is 0.0931. The van der Waals surface area contributed by atoms with E-state index in [4.69, 9.17) is 9.47 Å². The first-order valence-electron chi connectivity index (χ1n) is 15.7. The lowest BCUT2D eigenvalue weighted by Gasteiger charge is -2.39. The Labute approximate surface area is 279 Å². The van der Waals surface area contributed by atoms with E-state index in [9.17, 15) is 31.9 Å². The van der Waals surface area contributed by atoms with Crippen LogP contribution in [0, 0.1) is 29.1 Å². The zero-order chi connectivity index (χ0) is 34.8. The van der Waals surface area contributed by atoms with E-state index < -0.39 is 53.0 Å². The Kier molecular flexibility index (Phi) is 10.1. The van der Waals surface area contributed by atoms with Crippen molar-refractivity contribution in [2.75, 3.05) is 18.9 Å². The molecule has 5 aromatic rings. The fraction of sp³-hybridized carbons (Fsp3) is 0.237. The fourth-order valence-electron chi connectivity index (χ4n) is 6.00. The number of hydrogen-bond donors (Lipinski definition) is 2. The number of nitrogens with one attached hydrogen (secondary N) is 1. The summed E-state index contributed by atoms with van der Waals surface area (Å²) in [5, 5.41) is 14.0. The van der Waals surface area contributed by atoms with Crippen LogP contribution in [0.25, 0.3) is 10.8 Å². The molecule has 2 N–H and O–H groups in total. The van der Waals surface area contributed by atoms with Gasteiger partial charge in [-0.25, -0.2) is 22.0 Å². The maximum Gasteiger partial charge on any atom is 0.261 e. The number of rotatable bonds is 9. The SMILES string of the molecule is C[C@H](c1ccc2ccccc2c1)N(C)C[C@@H]1C[C@H](c2ccc(CO)cc2)O[C@H](c2cccc(NC(=O)c3c(F)c(F)c(F)c(F)c3F)c2)O1. The molecule has 0 radical (unpaired) electrons. The van der Waals surface area contributed by atoms with Crippen molar-refractivity contribution in [2.45, 2.75) is 44.5 Å². The maximum absolute atomic E-state index is 14.3. The van der Waals surface area contributed by atoms with Crippen LogP contribution >= 0.6 is 0 Å². The minimum Gasteiger partial charge on any atom is -0.392 e. The molecule has 1 saturated heterocycles. The van der Waals surface area contributed by atoms with Crippen molar-refractivity contribution in [1.82, 2.24) is 4.90 Å². The number of fused-ring (bicyclic) bond motifs is 1. The van der Waals surface area contributed by atoms with Crippen LogP contribution in [0.4, 0.5) is 27.6 Å². The monoisotopic (exact) mass is 676 g/mol. The molecule has 6 rings (SSSR count). The molecule has 0 spiro atoms. The number of likely N-dealkylation sites (N-methyl/N-ethyl adjacent to an activating group) is 1. The molecule has 4 atom stereocenters. The van der Waals surface area contributed by atoms with E-state index in [2.05, 4.69) is 47.5 Å². The number of carbonyl (C=O) groups excluding carboxylic acids is 1. The van der Waals surface area contributed by atoms with Crippen molar-refractivity contribution in [1.29, 1.82) is 0 Å². The number of nitrogens with zero attached hydrogens (tertiary/aromatic N) is 1.